The van der Waals surface area contributed by atoms with Gasteiger partial charge in [-0.25, -0.2) is 5.01 Å². The number of carbonyl (C=O) groups excluding carboxylic acids is 4. The van der Waals surface area contributed by atoms with Crippen molar-refractivity contribution < 1.29 is 19.2 Å². The number of Topliss-reactive ketones (excluding diaryl/α,β-unsaturated/α-hetero) is 1. The van der Waals surface area contributed by atoms with Gasteiger partial charge in [-0.3, -0.25) is 19.2 Å². The summed E-state index contributed by atoms with van der Waals surface area (Å²) in [5.74, 6) is -3.39. The molecule has 0 unspecified atom stereocenters. The summed E-state index contributed by atoms with van der Waals surface area (Å²) < 4.78 is 0. The van der Waals surface area contributed by atoms with Crippen molar-refractivity contribution in [3.05, 3.63) is 102 Å². The highest BCUT2D eigenvalue weighted by Crippen LogP contribution is 2.45. The summed E-state index contributed by atoms with van der Waals surface area (Å²) in [6.07, 6.45) is 0. The topological polar surface area (TPSA) is 74.8 Å². The van der Waals surface area contributed by atoms with Crippen molar-refractivity contribution in [2.45, 2.75) is 0 Å². The number of hydrogen-bond donors (Lipinski definition) is 0. The minimum atomic E-state index is -0.994. The molecule has 11 heteroatoms. The van der Waals surface area contributed by atoms with Gasteiger partial charge in [-0.1, -0.05) is 100 Å². The standard InChI is InChI=1S/C23H11Cl5N2O4/c24-13-9-5-4-8-12(13)21(32)29(10-14(31)11-6-2-1-3-7-11)30-22(33)15-16(23(30)34)18(26)20(28)19(27)17(15)25/h1-9H,10H2. The van der Waals surface area contributed by atoms with E-state index in [1.807, 2.05) is 0 Å². The third-order valence-electron chi connectivity index (χ3n) is 5.05. The first kappa shape index (κ1) is 24.5. The molecule has 1 aliphatic heterocycles. The van der Waals surface area contributed by atoms with Crippen molar-refractivity contribution in [3.8, 4) is 0 Å². The molecule has 3 aromatic rings. The zero-order chi connectivity index (χ0) is 24.7. The molecule has 0 N–H and O–H groups in total. The second kappa shape index (κ2) is 9.56. The van der Waals surface area contributed by atoms with Crippen LogP contribution in [-0.2, 0) is 0 Å². The van der Waals surface area contributed by atoms with Gasteiger partial charge in [0.15, 0.2) is 5.78 Å². The van der Waals surface area contributed by atoms with Crippen LogP contribution in [0.5, 0.6) is 0 Å². The van der Waals surface area contributed by atoms with E-state index in [0.29, 0.717) is 10.0 Å². The number of nitrogens with zero attached hydrogens (tertiary/aromatic N) is 2. The zero-order valence-electron chi connectivity index (χ0n) is 16.8. The van der Waals surface area contributed by atoms with E-state index in [2.05, 4.69) is 0 Å². The number of hydrogen-bond acceptors (Lipinski definition) is 4. The zero-order valence-corrected chi connectivity index (χ0v) is 20.6. The number of benzene rings is 3. The normalized spacial score (nSPS) is 12.7. The van der Waals surface area contributed by atoms with Gasteiger partial charge >= 0.3 is 0 Å². The van der Waals surface area contributed by atoms with Crippen LogP contribution in [0.25, 0.3) is 0 Å². The van der Waals surface area contributed by atoms with Crippen LogP contribution in [0.1, 0.15) is 41.4 Å². The molecule has 6 nitrogen and oxygen atoms in total. The highest BCUT2D eigenvalue weighted by atomic mass is 35.5. The molecule has 4 rings (SSSR count). The van der Waals surface area contributed by atoms with Gasteiger partial charge < -0.3 is 0 Å². The Morgan fingerprint density at radius 3 is 1.74 bits per heavy atom. The van der Waals surface area contributed by atoms with Crippen molar-refractivity contribution in [1.82, 2.24) is 10.0 Å². The Morgan fingerprint density at radius 1 is 0.706 bits per heavy atom. The molecule has 172 valence electrons. The predicted molar refractivity (Wildman–Crippen MR) is 130 cm³/mol. The molecule has 1 aliphatic rings. The lowest BCUT2D eigenvalue weighted by Gasteiger charge is -2.29. The summed E-state index contributed by atoms with van der Waals surface area (Å²) in [4.78, 5) is 53.2. The lowest BCUT2D eigenvalue weighted by Crippen LogP contribution is -2.51. The van der Waals surface area contributed by atoms with Gasteiger partial charge in [-0.05, 0) is 12.1 Å². The molecular weight excluding hydrogens is 546 g/mol. The van der Waals surface area contributed by atoms with Crippen molar-refractivity contribution in [3.63, 3.8) is 0 Å². The van der Waals surface area contributed by atoms with Crippen LogP contribution < -0.4 is 0 Å². The number of amides is 3. The lowest BCUT2D eigenvalue weighted by molar-refractivity contribution is 0.00533. The molecule has 0 atom stereocenters. The largest absolute Gasteiger partial charge is 0.292 e. The maximum atomic E-state index is 13.5. The summed E-state index contributed by atoms with van der Waals surface area (Å²) in [6.45, 7) is -0.657. The van der Waals surface area contributed by atoms with Gasteiger partial charge in [-0.15, -0.1) is 0 Å². The third kappa shape index (κ3) is 4.06. The van der Waals surface area contributed by atoms with Gasteiger partial charge in [0.25, 0.3) is 17.7 Å². The Balaban J connectivity index is 1.84. The first-order valence-electron chi connectivity index (χ1n) is 9.54. The quantitative estimate of drug-likeness (QED) is 0.156. The Bertz CT molecular complexity index is 1330. The number of rotatable bonds is 5. The second-order valence-electron chi connectivity index (χ2n) is 7.06. The molecule has 0 spiro atoms. The van der Waals surface area contributed by atoms with Crippen LogP contribution in [-0.4, -0.2) is 40.1 Å². The molecule has 0 aliphatic carbocycles. The molecule has 0 fully saturated rings. The number of fused-ring (bicyclic) bond motifs is 1. The lowest BCUT2D eigenvalue weighted by atomic mass is 10.1. The van der Waals surface area contributed by atoms with Gasteiger partial charge in [0.2, 0.25) is 0 Å². The van der Waals surface area contributed by atoms with Crippen LogP contribution in [0.3, 0.4) is 0 Å². The summed E-state index contributed by atoms with van der Waals surface area (Å²) in [7, 11) is 0. The van der Waals surface area contributed by atoms with Gasteiger partial charge in [-0.2, -0.15) is 5.01 Å². The minimum absolute atomic E-state index is 0.0326. The number of ketones is 1. The SMILES string of the molecule is O=C(CN(C(=O)c1ccccc1Cl)N1C(=O)c2c(Cl)c(Cl)c(Cl)c(Cl)c2C1=O)c1ccccc1. The monoisotopic (exact) mass is 554 g/mol. The van der Waals surface area contributed by atoms with E-state index >= 15 is 0 Å². The van der Waals surface area contributed by atoms with E-state index in [1.54, 1.807) is 30.3 Å². The maximum absolute atomic E-state index is 13.5. The summed E-state index contributed by atoms with van der Waals surface area (Å²) in [6, 6.07) is 14.1. The number of hydrazine groups is 1. The van der Waals surface area contributed by atoms with Crippen LogP contribution in [0, 0.1) is 0 Å². The Hall–Kier alpha value is -2.61. The first-order valence-corrected chi connectivity index (χ1v) is 11.4. The van der Waals surface area contributed by atoms with Crippen LogP contribution in [0.4, 0.5) is 0 Å². The van der Waals surface area contributed by atoms with E-state index in [0.717, 1.165) is 0 Å². The number of imide groups is 1. The van der Waals surface area contributed by atoms with Gasteiger partial charge in [0.1, 0.15) is 6.54 Å². The fraction of sp³-hybridized carbons (Fsp3) is 0.0435. The Labute approximate surface area is 218 Å². The van der Waals surface area contributed by atoms with E-state index in [-0.39, 0.29) is 47.4 Å². The predicted octanol–water partition coefficient (Wildman–Crippen LogP) is 6.49. The first-order chi connectivity index (χ1) is 16.1. The second-order valence-corrected chi connectivity index (χ2v) is 8.98. The van der Waals surface area contributed by atoms with E-state index in [9.17, 15) is 19.2 Å². The molecule has 0 aromatic heterocycles. The number of halogens is 5. The number of carbonyl (C=O) groups is 4. The van der Waals surface area contributed by atoms with Crippen molar-refractivity contribution in [2.75, 3.05) is 6.54 Å². The van der Waals surface area contributed by atoms with Crippen LogP contribution in [0.15, 0.2) is 54.6 Å². The molecule has 34 heavy (non-hydrogen) atoms. The maximum Gasteiger partial charge on any atom is 0.282 e. The fourth-order valence-corrected chi connectivity index (χ4v) is 4.65. The minimum Gasteiger partial charge on any atom is -0.292 e. The molecular formula is C23H11Cl5N2O4. The molecule has 0 saturated carbocycles. The molecule has 0 saturated heterocycles. The molecule has 3 amide bonds. The van der Waals surface area contributed by atoms with Gasteiger partial charge in [0, 0.05) is 5.56 Å². The summed E-state index contributed by atoms with van der Waals surface area (Å²) in [5, 5.41) is 0.220. The molecule has 0 bridgehead atoms. The average Bonchev–Trinajstić information content (AvgIpc) is 3.10. The molecule has 3 aromatic carbocycles. The summed E-state index contributed by atoms with van der Waals surface area (Å²) >= 11 is 30.7. The van der Waals surface area contributed by atoms with Crippen molar-refractivity contribution >= 4 is 81.5 Å². The highest BCUT2D eigenvalue weighted by molar-refractivity contribution is 6.55. The highest BCUT2D eigenvalue weighted by Gasteiger charge is 2.46. The third-order valence-corrected chi connectivity index (χ3v) is 7.18. The van der Waals surface area contributed by atoms with Crippen LogP contribution in [0.2, 0.25) is 25.1 Å². The fourth-order valence-electron chi connectivity index (χ4n) is 3.42. The van der Waals surface area contributed by atoms with Crippen molar-refractivity contribution in [1.29, 1.82) is 0 Å². The Morgan fingerprint density at radius 2 is 1.21 bits per heavy atom. The van der Waals surface area contributed by atoms with E-state index in [4.69, 9.17) is 58.0 Å². The van der Waals surface area contributed by atoms with E-state index in [1.165, 1.54) is 24.3 Å². The summed E-state index contributed by atoms with van der Waals surface area (Å²) in [5.41, 5.74) is -0.418. The smallest absolute Gasteiger partial charge is 0.282 e. The molecule has 0 radical (unpaired) electrons. The van der Waals surface area contributed by atoms with Crippen LogP contribution >= 0.6 is 58.0 Å². The Kier molecular flexibility index (Phi) is 6.90. The van der Waals surface area contributed by atoms with Gasteiger partial charge in [0.05, 0.1) is 41.8 Å². The van der Waals surface area contributed by atoms with E-state index < -0.39 is 30.0 Å². The average molecular weight is 557 g/mol. The van der Waals surface area contributed by atoms with Crippen molar-refractivity contribution in [2.24, 2.45) is 0 Å². The molecule has 1 heterocycles.